The number of alkyl halides is 6. The predicted molar refractivity (Wildman–Crippen MR) is 165 cm³/mol. The third-order valence-corrected chi connectivity index (χ3v) is 8.75. The van der Waals surface area contributed by atoms with Gasteiger partial charge in [0.05, 0.1) is 32.9 Å². The van der Waals surface area contributed by atoms with E-state index in [4.69, 9.17) is 0 Å². The summed E-state index contributed by atoms with van der Waals surface area (Å²) in [5, 5.41) is 5.78. The molecule has 6 rings (SSSR count). The van der Waals surface area contributed by atoms with E-state index in [0.29, 0.717) is 53.8 Å². The van der Waals surface area contributed by atoms with Crippen molar-refractivity contribution in [2.75, 3.05) is 24.5 Å². The van der Waals surface area contributed by atoms with Crippen molar-refractivity contribution in [1.29, 1.82) is 0 Å². The summed E-state index contributed by atoms with van der Waals surface area (Å²) in [7, 11) is 0. The fraction of sp³-hybridized carbons (Fsp3) is 0.281. The first kappa shape index (κ1) is 32.4. The molecule has 0 unspecified atom stereocenters. The van der Waals surface area contributed by atoms with E-state index in [1.54, 1.807) is 42.6 Å². The van der Waals surface area contributed by atoms with Gasteiger partial charge in [0.15, 0.2) is 0 Å². The second kappa shape index (κ2) is 13.0. The molecule has 0 aliphatic carbocycles. The van der Waals surface area contributed by atoms with Crippen LogP contribution in [0.25, 0.3) is 28.2 Å². The number of imide groups is 1. The van der Waals surface area contributed by atoms with Crippen LogP contribution in [0.15, 0.2) is 65.7 Å². The second-order valence-electron chi connectivity index (χ2n) is 11.1. The fourth-order valence-corrected chi connectivity index (χ4v) is 6.25. The van der Waals surface area contributed by atoms with Crippen molar-refractivity contribution in [1.82, 2.24) is 25.6 Å². The number of hydrogen-bond donors (Lipinski definition) is 2. The lowest BCUT2D eigenvalue weighted by Crippen LogP contribution is -2.38. The number of nitrogens with zero attached hydrogens (tertiary/aromatic N) is 4. The maximum atomic E-state index is 14.1. The number of fused-ring (bicyclic) bond motifs is 1. The van der Waals surface area contributed by atoms with E-state index >= 15 is 0 Å². The van der Waals surface area contributed by atoms with Gasteiger partial charge in [-0.25, -0.2) is 15.0 Å². The van der Waals surface area contributed by atoms with Crippen molar-refractivity contribution in [3.05, 3.63) is 88.1 Å². The molecule has 0 saturated carbocycles. The van der Waals surface area contributed by atoms with Gasteiger partial charge < -0.3 is 10.2 Å². The highest BCUT2D eigenvalue weighted by molar-refractivity contribution is 8.18. The molecule has 2 aliphatic heterocycles. The Balaban J connectivity index is 1.15. The predicted octanol–water partition coefficient (Wildman–Crippen LogP) is 7.06. The number of hydrogen-bond acceptors (Lipinski definition) is 8. The largest absolute Gasteiger partial charge is 0.417 e. The molecule has 2 N–H and O–H groups in total. The van der Waals surface area contributed by atoms with Crippen molar-refractivity contribution in [2.24, 2.45) is 5.92 Å². The van der Waals surface area contributed by atoms with Crippen LogP contribution in [0.1, 0.15) is 35.2 Å². The topological polar surface area (TPSA) is 100 Å². The maximum Gasteiger partial charge on any atom is 0.417 e. The number of pyridine rings is 1. The van der Waals surface area contributed by atoms with E-state index in [0.717, 1.165) is 30.7 Å². The third kappa shape index (κ3) is 7.41. The van der Waals surface area contributed by atoms with Crippen molar-refractivity contribution in [3.8, 4) is 11.3 Å². The fourth-order valence-electron chi connectivity index (χ4n) is 5.59. The summed E-state index contributed by atoms with van der Waals surface area (Å²) in [5.41, 5.74) is -1.88. The number of piperidine rings is 1. The number of aromatic nitrogens is 3. The molecular weight excluding hydrogens is 646 g/mol. The van der Waals surface area contributed by atoms with Crippen molar-refractivity contribution in [2.45, 2.75) is 31.7 Å². The number of nitrogens with one attached hydrogen (secondary N) is 2. The standard InChI is InChI=1S/C32H26F6N6O2S/c33-31(34,35)21-5-6-23(24(14-21)32(36,37)38)27-20(13-19-3-1-2-4-25(19)42-27)17-39-16-18-8-11-44(12-9-18)29-40-10-7-22(41-29)15-26-28(45)43-30(46)47-26/h1-7,10,13-15,18,39H,8-9,11-12,16-17H2,(H,43,45,46). The Morgan fingerprint density at radius 1 is 0.957 bits per heavy atom. The molecule has 2 aliphatic rings. The Hall–Kier alpha value is -4.50. The van der Waals surface area contributed by atoms with Crippen molar-refractivity contribution >= 4 is 45.8 Å². The Labute approximate surface area is 268 Å². The molecule has 0 atom stereocenters. The number of anilines is 1. The van der Waals surface area contributed by atoms with E-state index in [2.05, 4.69) is 25.6 Å². The van der Waals surface area contributed by atoms with Crippen molar-refractivity contribution < 1.29 is 35.9 Å². The summed E-state index contributed by atoms with van der Waals surface area (Å²) >= 11 is 0.805. The lowest BCUT2D eigenvalue weighted by Gasteiger charge is -2.32. The zero-order valence-electron chi connectivity index (χ0n) is 24.5. The second-order valence-corrected chi connectivity index (χ2v) is 12.2. The molecule has 2 amide bonds. The number of halogens is 6. The van der Waals surface area contributed by atoms with E-state index in [1.807, 2.05) is 4.90 Å². The molecular formula is C32H26F6N6O2S. The molecule has 0 radical (unpaired) electrons. The zero-order chi connectivity index (χ0) is 33.3. The molecule has 8 nitrogen and oxygen atoms in total. The summed E-state index contributed by atoms with van der Waals surface area (Å²) in [6.07, 6.45) is -5.31. The monoisotopic (exact) mass is 672 g/mol. The van der Waals surface area contributed by atoms with E-state index in [9.17, 15) is 35.9 Å². The molecule has 2 aromatic carbocycles. The number of amides is 2. The minimum atomic E-state index is -5.04. The van der Waals surface area contributed by atoms with Crippen LogP contribution in [-0.2, 0) is 23.7 Å². The van der Waals surface area contributed by atoms with Crippen LogP contribution in [0.2, 0.25) is 0 Å². The van der Waals surface area contributed by atoms with Gasteiger partial charge >= 0.3 is 12.4 Å². The number of carbonyl (C=O) groups excluding carboxylic acids is 2. The maximum absolute atomic E-state index is 14.1. The van der Waals surface area contributed by atoms with Crippen LogP contribution in [-0.4, -0.2) is 45.7 Å². The van der Waals surface area contributed by atoms with Gasteiger partial charge in [-0.15, -0.1) is 0 Å². The normalized spacial score (nSPS) is 17.1. The highest BCUT2D eigenvalue weighted by Crippen LogP contribution is 2.41. The Morgan fingerprint density at radius 2 is 1.72 bits per heavy atom. The zero-order valence-corrected chi connectivity index (χ0v) is 25.3. The van der Waals surface area contributed by atoms with Crippen LogP contribution >= 0.6 is 11.8 Å². The molecule has 2 fully saturated rings. The van der Waals surface area contributed by atoms with Gasteiger partial charge in [0.25, 0.3) is 11.1 Å². The van der Waals surface area contributed by atoms with E-state index in [1.165, 1.54) is 6.08 Å². The van der Waals surface area contributed by atoms with E-state index < -0.39 is 40.2 Å². The van der Waals surface area contributed by atoms with Gasteiger partial charge in [-0.3, -0.25) is 14.9 Å². The average molecular weight is 673 g/mol. The number of rotatable bonds is 7. The average Bonchev–Trinajstić information content (AvgIpc) is 3.35. The number of carbonyl (C=O) groups is 2. The van der Waals surface area contributed by atoms with Gasteiger partial charge in [0, 0.05) is 36.8 Å². The number of para-hydroxylation sites is 1. The quantitative estimate of drug-likeness (QED) is 0.159. The molecule has 244 valence electrons. The van der Waals surface area contributed by atoms with Crippen molar-refractivity contribution in [3.63, 3.8) is 0 Å². The van der Waals surface area contributed by atoms with Crippen LogP contribution in [0, 0.1) is 5.92 Å². The molecule has 0 spiro atoms. The summed E-state index contributed by atoms with van der Waals surface area (Å²) in [5.74, 6) is 0.249. The number of benzene rings is 2. The molecule has 4 aromatic rings. The summed E-state index contributed by atoms with van der Waals surface area (Å²) in [6.45, 7) is 1.99. The molecule has 2 saturated heterocycles. The van der Waals surface area contributed by atoms with Gasteiger partial charge in [0.2, 0.25) is 5.95 Å². The van der Waals surface area contributed by atoms with Gasteiger partial charge in [-0.2, -0.15) is 26.3 Å². The molecule has 4 heterocycles. The Morgan fingerprint density at radius 3 is 2.43 bits per heavy atom. The summed E-state index contributed by atoms with van der Waals surface area (Å²) < 4.78 is 82.2. The summed E-state index contributed by atoms with van der Waals surface area (Å²) in [6, 6.07) is 11.9. The third-order valence-electron chi connectivity index (χ3n) is 7.94. The minimum Gasteiger partial charge on any atom is -0.341 e. The number of thioether (sulfide) groups is 1. The van der Waals surface area contributed by atoms with Crippen LogP contribution in [0.5, 0.6) is 0 Å². The summed E-state index contributed by atoms with van der Waals surface area (Å²) in [4.78, 5) is 38.9. The smallest absolute Gasteiger partial charge is 0.341 e. The van der Waals surface area contributed by atoms with Gasteiger partial charge in [-0.1, -0.05) is 24.3 Å². The molecule has 0 bridgehead atoms. The lowest BCUT2D eigenvalue weighted by molar-refractivity contribution is -0.142. The van der Waals surface area contributed by atoms with E-state index in [-0.39, 0.29) is 29.1 Å². The van der Waals surface area contributed by atoms with Crippen LogP contribution < -0.4 is 15.5 Å². The van der Waals surface area contributed by atoms with Gasteiger partial charge in [-0.05, 0) is 79.0 Å². The Bertz CT molecular complexity index is 1870. The highest BCUT2D eigenvalue weighted by Gasteiger charge is 2.39. The molecule has 15 heteroatoms. The molecule has 47 heavy (non-hydrogen) atoms. The van der Waals surface area contributed by atoms with Gasteiger partial charge in [0.1, 0.15) is 0 Å². The first-order valence-electron chi connectivity index (χ1n) is 14.6. The molecule has 2 aromatic heterocycles. The lowest BCUT2D eigenvalue weighted by atomic mass is 9.95. The first-order valence-corrected chi connectivity index (χ1v) is 15.4. The first-order chi connectivity index (χ1) is 22.3. The minimum absolute atomic E-state index is 0.0306. The van der Waals surface area contributed by atoms with Crippen LogP contribution in [0.3, 0.4) is 0 Å². The SMILES string of the molecule is O=C1NC(=O)C(=Cc2ccnc(N3CCC(CNCc4cc5ccccc5nc4-c4ccc(C(F)(F)F)cc4C(F)(F)F)CC3)n2)S1. The highest BCUT2D eigenvalue weighted by atomic mass is 32.2. The Kier molecular flexibility index (Phi) is 8.94. The van der Waals surface area contributed by atoms with Crippen LogP contribution in [0.4, 0.5) is 37.1 Å².